The summed E-state index contributed by atoms with van der Waals surface area (Å²) in [6.07, 6.45) is 2.41. The molecule has 2 aromatic rings. The number of benzene rings is 2. The molecule has 0 spiro atoms. The molecule has 3 nitrogen and oxygen atoms in total. The van der Waals surface area contributed by atoms with Gasteiger partial charge in [0, 0.05) is 13.6 Å². The normalized spacial score (nSPS) is 14.6. The van der Waals surface area contributed by atoms with Gasteiger partial charge in [0.1, 0.15) is 0 Å². The Kier molecular flexibility index (Phi) is 5.55. The van der Waals surface area contributed by atoms with Crippen molar-refractivity contribution in [3.8, 4) is 0 Å². The molecule has 0 bridgehead atoms. The van der Waals surface area contributed by atoms with Crippen LogP contribution in [0.5, 0.6) is 0 Å². The van der Waals surface area contributed by atoms with Crippen molar-refractivity contribution in [1.82, 2.24) is 15.1 Å². The highest BCUT2D eigenvalue weighted by atomic mass is 15.4. The molecule has 0 radical (unpaired) electrons. The van der Waals surface area contributed by atoms with Gasteiger partial charge in [0.15, 0.2) is 0 Å². The molecule has 2 aromatic carbocycles. The van der Waals surface area contributed by atoms with E-state index in [2.05, 4.69) is 82.8 Å². The number of nitrogens with one attached hydrogen (secondary N) is 1. The molecular weight excluding hydrogens is 294 g/mol. The molecule has 0 saturated heterocycles. The van der Waals surface area contributed by atoms with Crippen LogP contribution in [0.3, 0.4) is 0 Å². The van der Waals surface area contributed by atoms with Crippen LogP contribution in [-0.2, 0) is 0 Å². The first-order chi connectivity index (χ1) is 11.8. The fourth-order valence-electron chi connectivity index (χ4n) is 3.38. The Hall–Kier alpha value is -2.26. The van der Waals surface area contributed by atoms with Crippen LogP contribution < -0.4 is 5.32 Å². The average molecular weight is 321 g/mol. The van der Waals surface area contributed by atoms with Crippen LogP contribution in [0, 0.1) is 0 Å². The number of hydrogen-bond donors (Lipinski definition) is 1. The van der Waals surface area contributed by atoms with Gasteiger partial charge in [-0.05, 0) is 37.6 Å². The summed E-state index contributed by atoms with van der Waals surface area (Å²) in [5.41, 5.74) is 5.27. The van der Waals surface area contributed by atoms with Gasteiger partial charge in [-0.1, -0.05) is 60.7 Å². The lowest BCUT2D eigenvalue weighted by molar-refractivity contribution is 0.306. The van der Waals surface area contributed by atoms with Crippen molar-refractivity contribution < 1.29 is 0 Å². The van der Waals surface area contributed by atoms with Crippen molar-refractivity contribution in [2.75, 3.05) is 33.9 Å². The van der Waals surface area contributed by atoms with Gasteiger partial charge in [-0.3, -0.25) is 0 Å². The minimum Gasteiger partial charge on any atom is -0.355 e. The summed E-state index contributed by atoms with van der Waals surface area (Å²) < 4.78 is 0. The minimum absolute atomic E-state index is 0.952. The van der Waals surface area contributed by atoms with Crippen molar-refractivity contribution in [3.63, 3.8) is 0 Å². The zero-order valence-corrected chi connectivity index (χ0v) is 14.7. The molecule has 0 atom stereocenters. The number of hydrogen-bond acceptors (Lipinski definition) is 3. The second-order valence-corrected chi connectivity index (χ2v) is 6.34. The lowest BCUT2D eigenvalue weighted by Gasteiger charge is -2.22. The quantitative estimate of drug-likeness (QED) is 0.784. The molecule has 0 saturated carbocycles. The smallest absolute Gasteiger partial charge is 0.0901 e. The van der Waals surface area contributed by atoms with Crippen molar-refractivity contribution >= 4 is 11.4 Å². The van der Waals surface area contributed by atoms with E-state index in [1.165, 1.54) is 35.4 Å². The highest BCUT2D eigenvalue weighted by Gasteiger charge is 2.28. The summed E-state index contributed by atoms with van der Waals surface area (Å²) >= 11 is 0. The van der Waals surface area contributed by atoms with E-state index < -0.39 is 0 Å². The third-order valence-electron chi connectivity index (χ3n) is 4.50. The van der Waals surface area contributed by atoms with E-state index in [9.17, 15) is 0 Å². The lowest BCUT2D eigenvalue weighted by Crippen LogP contribution is -2.26. The topological polar surface area (TPSA) is 18.5 Å². The van der Waals surface area contributed by atoms with Crippen LogP contribution in [0.15, 0.2) is 60.7 Å². The molecule has 0 amide bonds. The first-order valence-electron chi connectivity index (χ1n) is 8.77. The highest BCUT2D eigenvalue weighted by Crippen LogP contribution is 2.36. The average Bonchev–Trinajstić information content (AvgIpc) is 2.96. The molecule has 3 heteroatoms. The first-order valence-corrected chi connectivity index (χ1v) is 8.77. The third kappa shape index (κ3) is 3.62. The summed E-state index contributed by atoms with van der Waals surface area (Å²) in [7, 11) is 4.21. The van der Waals surface area contributed by atoms with E-state index in [1.807, 2.05) is 7.05 Å². The van der Waals surface area contributed by atoms with Gasteiger partial charge in [-0.15, -0.1) is 0 Å². The fourth-order valence-corrected chi connectivity index (χ4v) is 3.38. The van der Waals surface area contributed by atoms with Crippen LogP contribution in [0.25, 0.3) is 11.4 Å². The number of nitrogens with zero attached hydrogens (tertiary/aromatic N) is 2. The predicted octanol–water partition coefficient (Wildman–Crippen LogP) is 3.72. The van der Waals surface area contributed by atoms with Crippen LogP contribution in [-0.4, -0.2) is 43.7 Å². The Morgan fingerprint density at radius 3 is 2.00 bits per heavy atom. The zero-order valence-electron chi connectivity index (χ0n) is 14.7. The Labute approximate surface area is 145 Å². The Morgan fingerprint density at radius 1 is 0.833 bits per heavy atom. The lowest BCUT2D eigenvalue weighted by atomic mass is 10.0. The summed E-state index contributed by atoms with van der Waals surface area (Å²) in [5.74, 6) is 0. The summed E-state index contributed by atoms with van der Waals surface area (Å²) in [4.78, 5) is 4.89. The van der Waals surface area contributed by atoms with Gasteiger partial charge in [0.25, 0.3) is 0 Å². The molecule has 0 unspecified atom stereocenters. The Bertz CT molecular complexity index is 664. The van der Waals surface area contributed by atoms with Gasteiger partial charge in [-0.2, -0.15) is 0 Å². The molecular formula is C21H27N3. The fraction of sp³-hybridized carbons (Fsp3) is 0.333. The maximum Gasteiger partial charge on any atom is 0.0901 e. The highest BCUT2D eigenvalue weighted by molar-refractivity contribution is 5.90. The van der Waals surface area contributed by atoms with E-state index in [0.717, 1.165) is 19.8 Å². The van der Waals surface area contributed by atoms with E-state index in [1.54, 1.807) is 0 Å². The molecule has 126 valence electrons. The van der Waals surface area contributed by atoms with Crippen molar-refractivity contribution in [3.05, 3.63) is 71.8 Å². The van der Waals surface area contributed by atoms with E-state index in [0.29, 0.717) is 0 Å². The standard InChI is InChI=1S/C21H27N3/c1-22-15-9-10-16-24-17-23(2)20(18-11-5-3-6-12-18)21(24)19-13-7-4-8-14-19/h3-8,11-14,22H,9-10,15-17H2,1-2H3. The van der Waals surface area contributed by atoms with Gasteiger partial charge < -0.3 is 15.1 Å². The predicted molar refractivity (Wildman–Crippen MR) is 102 cm³/mol. The Morgan fingerprint density at radius 2 is 1.42 bits per heavy atom. The van der Waals surface area contributed by atoms with Gasteiger partial charge in [0.2, 0.25) is 0 Å². The zero-order chi connectivity index (χ0) is 16.8. The molecule has 24 heavy (non-hydrogen) atoms. The third-order valence-corrected chi connectivity index (χ3v) is 4.50. The van der Waals surface area contributed by atoms with Crippen LogP contribution in [0.4, 0.5) is 0 Å². The minimum atomic E-state index is 0.952. The SMILES string of the molecule is CNCCCCN1CN(C)C(c2ccccc2)=C1c1ccccc1. The molecule has 0 aliphatic carbocycles. The first kappa shape index (κ1) is 16.6. The molecule has 1 aliphatic heterocycles. The van der Waals surface area contributed by atoms with Gasteiger partial charge in [-0.25, -0.2) is 0 Å². The van der Waals surface area contributed by atoms with Crippen molar-refractivity contribution in [2.24, 2.45) is 0 Å². The number of unbranched alkanes of at least 4 members (excludes halogenated alkanes) is 1. The Balaban J connectivity index is 1.95. The summed E-state index contributed by atoms with van der Waals surface area (Å²) in [6.45, 7) is 3.13. The van der Waals surface area contributed by atoms with Crippen molar-refractivity contribution in [2.45, 2.75) is 12.8 Å². The maximum atomic E-state index is 3.24. The van der Waals surface area contributed by atoms with Crippen LogP contribution >= 0.6 is 0 Å². The second kappa shape index (κ2) is 8.02. The van der Waals surface area contributed by atoms with Crippen molar-refractivity contribution in [1.29, 1.82) is 0 Å². The molecule has 1 heterocycles. The molecule has 0 fully saturated rings. The molecule has 0 aromatic heterocycles. The monoisotopic (exact) mass is 321 g/mol. The maximum absolute atomic E-state index is 3.24. The molecule has 3 rings (SSSR count). The van der Waals surface area contributed by atoms with E-state index in [-0.39, 0.29) is 0 Å². The van der Waals surface area contributed by atoms with E-state index in [4.69, 9.17) is 0 Å². The molecule has 1 aliphatic rings. The summed E-state index contributed by atoms with van der Waals surface area (Å²) in [6, 6.07) is 21.5. The summed E-state index contributed by atoms with van der Waals surface area (Å²) in [5, 5.41) is 3.24. The van der Waals surface area contributed by atoms with Gasteiger partial charge in [0.05, 0.1) is 18.1 Å². The van der Waals surface area contributed by atoms with Gasteiger partial charge >= 0.3 is 0 Å². The van der Waals surface area contributed by atoms with Crippen LogP contribution in [0.2, 0.25) is 0 Å². The second-order valence-electron chi connectivity index (χ2n) is 6.34. The number of rotatable bonds is 7. The molecule has 1 N–H and O–H groups in total. The van der Waals surface area contributed by atoms with Crippen LogP contribution in [0.1, 0.15) is 24.0 Å². The van der Waals surface area contributed by atoms with E-state index >= 15 is 0 Å². The largest absolute Gasteiger partial charge is 0.355 e.